The zero-order chi connectivity index (χ0) is 13.1. The lowest BCUT2D eigenvalue weighted by Crippen LogP contribution is -1.97. The smallest absolute Gasteiger partial charge is 0.211 e. The average molecular weight is 245 g/mol. The summed E-state index contributed by atoms with van der Waals surface area (Å²) in [6.45, 7) is 2.01. The predicted molar refractivity (Wildman–Crippen MR) is 69.6 cm³/mol. The van der Waals surface area contributed by atoms with E-state index in [1.54, 1.807) is 7.11 Å². The van der Waals surface area contributed by atoms with E-state index in [-0.39, 0.29) is 0 Å². The lowest BCUT2D eigenvalue weighted by atomic mass is 10.1. The van der Waals surface area contributed by atoms with Crippen LogP contribution in [0.4, 0.5) is 5.69 Å². The molecule has 0 saturated carbocycles. The maximum atomic E-state index is 10.5. The fourth-order valence-corrected chi connectivity index (χ4v) is 1.82. The molecule has 2 aromatic rings. The highest BCUT2D eigenvalue weighted by atomic mass is 16.5. The molecule has 1 aromatic heterocycles. The van der Waals surface area contributed by atoms with Gasteiger partial charge < -0.3 is 10.1 Å². The van der Waals surface area contributed by atoms with E-state index in [0.717, 1.165) is 16.8 Å². The van der Waals surface area contributed by atoms with Gasteiger partial charge in [-0.2, -0.15) is 5.10 Å². The van der Waals surface area contributed by atoms with Gasteiger partial charge in [-0.25, -0.2) is 0 Å². The Bertz CT molecular complexity index is 576. The Morgan fingerprint density at radius 1 is 1.44 bits per heavy atom. The van der Waals surface area contributed by atoms with Crippen LogP contribution in [0.1, 0.15) is 5.69 Å². The van der Waals surface area contributed by atoms with Crippen LogP contribution in [0.5, 0.6) is 5.75 Å². The van der Waals surface area contributed by atoms with Crippen LogP contribution in [-0.2, 0) is 11.8 Å². The number of methoxy groups -OCH3 is 1. The van der Waals surface area contributed by atoms with E-state index in [1.807, 2.05) is 43.0 Å². The van der Waals surface area contributed by atoms with Gasteiger partial charge in [0.2, 0.25) is 6.41 Å². The summed E-state index contributed by atoms with van der Waals surface area (Å²) in [5, 5.41) is 6.81. The molecule has 1 aromatic carbocycles. The van der Waals surface area contributed by atoms with Gasteiger partial charge in [-0.15, -0.1) is 0 Å². The number of aromatic nitrogens is 2. The van der Waals surface area contributed by atoms with Crippen molar-refractivity contribution in [1.29, 1.82) is 0 Å². The number of hydrogen-bond acceptors (Lipinski definition) is 3. The molecule has 0 aliphatic carbocycles. The van der Waals surface area contributed by atoms with Crippen molar-refractivity contribution in [3.05, 3.63) is 30.1 Å². The molecule has 0 fully saturated rings. The van der Waals surface area contributed by atoms with Crippen LogP contribution >= 0.6 is 0 Å². The molecular weight excluding hydrogens is 230 g/mol. The first-order valence-corrected chi connectivity index (χ1v) is 5.54. The van der Waals surface area contributed by atoms with Crippen LogP contribution in [0.2, 0.25) is 0 Å². The molecule has 1 amide bonds. The number of hydrogen-bond donors (Lipinski definition) is 1. The van der Waals surface area contributed by atoms with Crippen molar-refractivity contribution in [2.24, 2.45) is 7.05 Å². The van der Waals surface area contributed by atoms with Gasteiger partial charge in [-0.3, -0.25) is 9.48 Å². The maximum Gasteiger partial charge on any atom is 0.211 e. The maximum absolute atomic E-state index is 10.5. The molecule has 1 heterocycles. The molecule has 0 spiro atoms. The van der Waals surface area contributed by atoms with Crippen molar-refractivity contribution >= 4 is 12.1 Å². The molecule has 5 heteroatoms. The number of anilines is 1. The Labute approximate surface area is 105 Å². The Hall–Kier alpha value is -2.30. The summed E-state index contributed by atoms with van der Waals surface area (Å²) >= 11 is 0. The van der Waals surface area contributed by atoms with Crippen LogP contribution in [0.15, 0.2) is 24.4 Å². The number of nitrogens with zero attached hydrogens (tertiary/aromatic N) is 2. The van der Waals surface area contributed by atoms with Gasteiger partial charge in [0.05, 0.1) is 19.0 Å². The number of amides is 1. The van der Waals surface area contributed by atoms with Crippen LogP contribution in [0.3, 0.4) is 0 Å². The SMILES string of the molecule is COc1cc(-c2cnn(C)c2C)ccc1NC=O. The quantitative estimate of drug-likeness (QED) is 0.838. The number of rotatable bonds is 4. The number of carbonyl (C=O) groups excluding carboxylic acids is 1. The lowest BCUT2D eigenvalue weighted by molar-refractivity contribution is -0.105. The molecule has 0 unspecified atom stereocenters. The Morgan fingerprint density at radius 3 is 2.78 bits per heavy atom. The van der Waals surface area contributed by atoms with Crippen LogP contribution in [-0.4, -0.2) is 23.3 Å². The largest absolute Gasteiger partial charge is 0.495 e. The number of nitrogens with one attached hydrogen (secondary N) is 1. The topological polar surface area (TPSA) is 56.1 Å². The summed E-state index contributed by atoms with van der Waals surface area (Å²) in [6, 6.07) is 5.63. The number of aryl methyl sites for hydroxylation is 1. The van der Waals surface area contributed by atoms with Crippen molar-refractivity contribution in [2.75, 3.05) is 12.4 Å². The normalized spacial score (nSPS) is 10.2. The zero-order valence-corrected chi connectivity index (χ0v) is 10.6. The molecule has 0 radical (unpaired) electrons. The molecule has 94 valence electrons. The summed E-state index contributed by atoms with van der Waals surface area (Å²) in [4.78, 5) is 10.5. The summed E-state index contributed by atoms with van der Waals surface area (Å²) in [5.41, 5.74) is 3.79. The minimum atomic E-state index is 0.628. The van der Waals surface area contributed by atoms with Gasteiger partial charge in [0.15, 0.2) is 0 Å². The van der Waals surface area contributed by atoms with E-state index in [4.69, 9.17) is 4.74 Å². The van der Waals surface area contributed by atoms with Crippen LogP contribution in [0.25, 0.3) is 11.1 Å². The second kappa shape index (κ2) is 4.91. The molecule has 0 bridgehead atoms. The van der Waals surface area contributed by atoms with Crippen molar-refractivity contribution in [3.8, 4) is 16.9 Å². The minimum absolute atomic E-state index is 0.628. The molecule has 1 N–H and O–H groups in total. The highest BCUT2D eigenvalue weighted by Crippen LogP contribution is 2.31. The lowest BCUT2D eigenvalue weighted by Gasteiger charge is -2.09. The van der Waals surface area contributed by atoms with Gasteiger partial charge in [0, 0.05) is 18.3 Å². The van der Waals surface area contributed by atoms with Crippen LogP contribution in [0, 0.1) is 6.92 Å². The van der Waals surface area contributed by atoms with E-state index in [2.05, 4.69) is 10.4 Å². The van der Waals surface area contributed by atoms with Crippen molar-refractivity contribution in [3.63, 3.8) is 0 Å². The van der Waals surface area contributed by atoms with E-state index >= 15 is 0 Å². The first-order valence-electron chi connectivity index (χ1n) is 5.54. The number of ether oxygens (including phenoxy) is 1. The molecule has 5 nitrogen and oxygen atoms in total. The van der Waals surface area contributed by atoms with Crippen molar-refractivity contribution < 1.29 is 9.53 Å². The summed E-state index contributed by atoms with van der Waals surface area (Å²) in [6.07, 6.45) is 2.45. The van der Waals surface area contributed by atoms with Gasteiger partial charge in [-0.05, 0) is 24.6 Å². The van der Waals surface area contributed by atoms with E-state index in [1.165, 1.54) is 0 Å². The molecule has 0 atom stereocenters. The first kappa shape index (κ1) is 12.2. The molecule has 0 aliphatic heterocycles. The highest BCUT2D eigenvalue weighted by Gasteiger charge is 2.09. The Morgan fingerprint density at radius 2 is 2.22 bits per heavy atom. The molecule has 0 saturated heterocycles. The fourth-order valence-electron chi connectivity index (χ4n) is 1.82. The number of carbonyl (C=O) groups is 1. The molecule has 18 heavy (non-hydrogen) atoms. The molecule has 0 aliphatic rings. The summed E-state index contributed by atoms with van der Waals surface area (Å²) < 4.78 is 7.08. The third-order valence-corrected chi connectivity index (χ3v) is 2.96. The standard InChI is InChI=1S/C13H15N3O2/c1-9-11(7-15-16(9)2)10-4-5-12(14-8-17)13(6-10)18-3/h4-8H,1-3H3,(H,14,17). The Balaban J connectivity index is 2.47. The van der Waals surface area contributed by atoms with Gasteiger partial charge in [-0.1, -0.05) is 6.07 Å². The van der Waals surface area contributed by atoms with Crippen LogP contribution < -0.4 is 10.1 Å². The van der Waals surface area contributed by atoms with Gasteiger partial charge in [0.1, 0.15) is 5.75 Å². The highest BCUT2D eigenvalue weighted by molar-refractivity contribution is 5.79. The summed E-state index contributed by atoms with van der Waals surface area (Å²) in [5.74, 6) is 0.628. The first-order chi connectivity index (χ1) is 8.67. The second-order valence-electron chi connectivity index (χ2n) is 3.94. The summed E-state index contributed by atoms with van der Waals surface area (Å²) in [7, 11) is 3.48. The molecule has 2 rings (SSSR count). The van der Waals surface area contributed by atoms with Crippen molar-refractivity contribution in [2.45, 2.75) is 6.92 Å². The molecular formula is C13H15N3O2. The fraction of sp³-hybridized carbons (Fsp3) is 0.231. The van der Waals surface area contributed by atoms with E-state index < -0.39 is 0 Å². The monoisotopic (exact) mass is 245 g/mol. The van der Waals surface area contributed by atoms with E-state index in [0.29, 0.717) is 17.8 Å². The predicted octanol–water partition coefficient (Wildman–Crippen LogP) is 1.97. The second-order valence-corrected chi connectivity index (χ2v) is 3.94. The van der Waals surface area contributed by atoms with Gasteiger partial charge in [0.25, 0.3) is 0 Å². The zero-order valence-electron chi connectivity index (χ0n) is 10.6. The van der Waals surface area contributed by atoms with E-state index in [9.17, 15) is 4.79 Å². The average Bonchev–Trinajstić information content (AvgIpc) is 2.71. The third kappa shape index (κ3) is 2.07. The third-order valence-electron chi connectivity index (χ3n) is 2.96. The van der Waals surface area contributed by atoms with Crippen molar-refractivity contribution in [1.82, 2.24) is 9.78 Å². The Kier molecular flexibility index (Phi) is 3.32. The minimum Gasteiger partial charge on any atom is -0.495 e. The van der Waals surface area contributed by atoms with Gasteiger partial charge >= 0.3 is 0 Å². The number of benzene rings is 1.